The molecule has 1 atom stereocenters. The molecule has 0 aliphatic carbocycles. The van der Waals surface area contributed by atoms with Crippen molar-refractivity contribution in [2.75, 3.05) is 44.7 Å². The first-order valence-electron chi connectivity index (χ1n) is 11.7. The van der Waals surface area contributed by atoms with Crippen molar-refractivity contribution in [2.24, 2.45) is 11.8 Å². The summed E-state index contributed by atoms with van der Waals surface area (Å²) in [5, 5.41) is 2.68. The number of nitrogens with zero attached hydrogens (tertiary/aromatic N) is 2. The first-order chi connectivity index (χ1) is 16.5. The topological polar surface area (TPSA) is 80.3 Å². The molecule has 2 aromatic rings. The van der Waals surface area contributed by atoms with Gasteiger partial charge in [-0.15, -0.1) is 0 Å². The number of rotatable bonds is 10. The SMILES string of the molecule is COc1ccc(N2CCN(C(=O)[C@H](CNC(=O)OOCc3ccccc3)CC(C)C)CC2)cc1. The molecule has 8 nitrogen and oxygen atoms in total. The number of methoxy groups -OCH3 is 1. The lowest BCUT2D eigenvalue weighted by molar-refractivity contribution is -0.248. The fourth-order valence-corrected chi connectivity index (χ4v) is 4.04. The zero-order valence-corrected chi connectivity index (χ0v) is 20.2. The van der Waals surface area contributed by atoms with Crippen LogP contribution in [0.3, 0.4) is 0 Å². The maximum absolute atomic E-state index is 13.2. The molecule has 1 N–H and O–H groups in total. The van der Waals surface area contributed by atoms with E-state index in [1.807, 2.05) is 59.5 Å². The van der Waals surface area contributed by atoms with E-state index in [1.165, 1.54) is 0 Å². The lowest BCUT2D eigenvalue weighted by atomic mass is 9.95. The van der Waals surface area contributed by atoms with Crippen molar-refractivity contribution in [1.82, 2.24) is 10.2 Å². The van der Waals surface area contributed by atoms with Gasteiger partial charge in [0.05, 0.1) is 13.0 Å². The number of benzene rings is 2. The molecule has 1 heterocycles. The molecule has 8 heteroatoms. The number of piperazine rings is 1. The van der Waals surface area contributed by atoms with Crippen LogP contribution in [0.25, 0.3) is 0 Å². The van der Waals surface area contributed by atoms with Crippen LogP contribution in [-0.2, 0) is 21.2 Å². The van der Waals surface area contributed by atoms with Crippen LogP contribution in [0, 0.1) is 11.8 Å². The van der Waals surface area contributed by atoms with E-state index >= 15 is 0 Å². The second-order valence-corrected chi connectivity index (χ2v) is 8.84. The Kier molecular flexibility index (Phi) is 9.58. The Morgan fingerprint density at radius 2 is 1.65 bits per heavy atom. The van der Waals surface area contributed by atoms with Gasteiger partial charge in [-0.1, -0.05) is 44.2 Å². The number of nitrogens with one attached hydrogen (secondary N) is 1. The quantitative estimate of drug-likeness (QED) is 0.420. The zero-order valence-electron chi connectivity index (χ0n) is 20.2. The number of carbonyl (C=O) groups is 2. The molecule has 0 radical (unpaired) electrons. The smallest absolute Gasteiger partial charge is 0.438 e. The Bertz CT molecular complexity index is 896. The van der Waals surface area contributed by atoms with Crippen molar-refractivity contribution < 1.29 is 24.1 Å². The molecule has 1 fully saturated rings. The fourth-order valence-electron chi connectivity index (χ4n) is 4.04. The maximum atomic E-state index is 13.2. The van der Waals surface area contributed by atoms with Gasteiger partial charge < -0.3 is 19.9 Å². The van der Waals surface area contributed by atoms with E-state index in [4.69, 9.17) is 14.5 Å². The molecular formula is C26H35N3O5. The molecule has 0 spiro atoms. The van der Waals surface area contributed by atoms with E-state index in [0.717, 1.165) is 30.1 Å². The Balaban J connectivity index is 1.46. The number of carbonyl (C=O) groups excluding carboxylic acids is 2. The summed E-state index contributed by atoms with van der Waals surface area (Å²) >= 11 is 0. The summed E-state index contributed by atoms with van der Waals surface area (Å²) in [6.45, 7) is 7.33. The van der Waals surface area contributed by atoms with Crippen LogP contribution in [0.15, 0.2) is 54.6 Å². The number of hydrogen-bond donors (Lipinski definition) is 1. The maximum Gasteiger partial charge on any atom is 0.438 e. The normalized spacial score (nSPS) is 14.6. The van der Waals surface area contributed by atoms with Crippen molar-refractivity contribution >= 4 is 17.7 Å². The highest BCUT2D eigenvalue weighted by Crippen LogP contribution is 2.22. The van der Waals surface area contributed by atoms with Gasteiger partial charge in [0, 0.05) is 38.4 Å². The van der Waals surface area contributed by atoms with Crippen LogP contribution >= 0.6 is 0 Å². The predicted molar refractivity (Wildman–Crippen MR) is 130 cm³/mol. The second kappa shape index (κ2) is 12.8. The molecule has 2 aromatic carbocycles. The molecular weight excluding hydrogens is 434 g/mol. The summed E-state index contributed by atoms with van der Waals surface area (Å²) in [6.07, 6.45) is -0.00955. The molecule has 0 aromatic heterocycles. The third-order valence-corrected chi connectivity index (χ3v) is 5.83. The van der Waals surface area contributed by atoms with Crippen molar-refractivity contribution in [2.45, 2.75) is 26.9 Å². The van der Waals surface area contributed by atoms with Crippen molar-refractivity contribution in [1.29, 1.82) is 0 Å². The first-order valence-corrected chi connectivity index (χ1v) is 11.7. The third kappa shape index (κ3) is 7.66. The number of anilines is 1. The van der Waals surface area contributed by atoms with E-state index < -0.39 is 6.09 Å². The van der Waals surface area contributed by atoms with Crippen LogP contribution in [0.5, 0.6) is 5.75 Å². The van der Waals surface area contributed by atoms with Gasteiger partial charge >= 0.3 is 6.09 Å². The van der Waals surface area contributed by atoms with Gasteiger partial charge in [0.25, 0.3) is 0 Å². The van der Waals surface area contributed by atoms with Crippen molar-refractivity contribution in [3.8, 4) is 5.75 Å². The van der Waals surface area contributed by atoms with Gasteiger partial charge in [-0.05, 0) is 42.2 Å². The summed E-state index contributed by atoms with van der Waals surface area (Å²) < 4.78 is 5.23. The lowest BCUT2D eigenvalue weighted by Crippen LogP contribution is -2.52. The standard InChI is InChI=1S/C26H35N3O5/c1-20(2)17-22(18-27-26(31)34-33-19-21-7-5-4-6-8-21)25(30)29-15-13-28(14-16-29)23-9-11-24(32-3)12-10-23/h4-12,20,22H,13-19H2,1-3H3,(H,27,31)/t22-/m0/s1. The van der Waals surface area contributed by atoms with E-state index in [-0.39, 0.29) is 25.0 Å². The Morgan fingerprint density at radius 3 is 2.26 bits per heavy atom. The minimum Gasteiger partial charge on any atom is -0.497 e. The second-order valence-electron chi connectivity index (χ2n) is 8.84. The van der Waals surface area contributed by atoms with Gasteiger partial charge in [-0.25, -0.2) is 4.79 Å². The van der Waals surface area contributed by atoms with E-state index in [0.29, 0.717) is 25.4 Å². The average Bonchev–Trinajstić information content (AvgIpc) is 2.86. The minimum absolute atomic E-state index is 0.0635. The molecule has 1 aliphatic rings. The summed E-state index contributed by atoms with van der Waals surface area (Å²) in [5.74, 6) is 0.898. The van der Waals surface area contributed by atoms with Gasteiger partial charge in [0.2, 0.25) is 5.91 Å². The van der Waals surface area contributed by atoms with Crippen LogP contribution in [-0.4, -0.2) is 56.7 Å². The molecule has 34 heavy (non-hydrogen) atoms. The van der Waals surface area contributed by atoms with Gasteiger partial charge in [-0.3, -0.25) is 9.68 Å². The molecule has 0 saturated carbocycles. The van der Waals surface area contributed by atoms with Gasteiger partial charge in [0.1, 0.15) is 12.4 Å². The molecule has 2 amide bonds. The summed E-state index contributed by atoms with van der Waals surface area (Å²) in [5.41, 5.74) is 2.02. The van der Waals surface area contributed by atoms with E-state index in [2.05, 4.69) is 24.1 Å². The van der Waals surface area contributed by atoms with Crippen molar-refractivity contribution in [3.63, 3.8) is 0 Å². The number of amides is 2. The monoisotopic (exact) mass is 469 g/mol. The molecule has 0 bridgehead atoms. The highest BCUT2D eigenvalue weighted by atomic mass is 17.2. The Labute approximate surface area is 201 Å². The summed E-state index contributed by atoms with van der Waals surface area (Å²) in [7, 11) is 1.65. The highest BCUT2D eigenvalue weighted by Gasteiger charge is 2.28. The van der Waals surface area contributed by atoms with Crippen molar-refractivity contribution in [3.05, 3.63) is 60.2 Å². The average molecular weight is 470 g/mol. The highest BCUT2D eigenvalue weighted by molar-refractivity contribution is 5.80. The van der Waals surface area contributed by atoms with Crippen LogP contribution in [0.2, 0.25) is 0 Å². The largest absolute Gasteiger partial charge is 0.497 e. The van der Waals surface area contributed by atoms with E-state index in [1.54, 1.807) is 7.11 Å². The van der Waals surface area contributed by atoms with Crippen LogP contribution in [0.4, 0.5) is 10.5 Å². The summed E-state index contributed by atoms with van der Waals surface area (Å²) in [6, 6.07) is 17.4. The molecule has 0 unspecified atom stereocenters. The number of ether oxygens (including phenoxy) is 1. The van der Waals surface area contributed by atoms with Crippen LogP contribution in [0.1, 0.15) is 25.8 Å². The fraction of sp³-hybridized carbons (Fsp3) is 0.462. The third-order valence-electron chi connectivity index (χ3n) is 5.83. The minimum atomic E-state index is -0.693. The molecule has 3 rings (SSSR count). The predicted octanol–water partition coefficient (Wildman–Crippen LogP) is 3.86. The van der Waals surface area contributed by atoms with Gasteiger partial charge in [0.15, 0.2) is 0 Å². The molecule has 1 aliphatic heterocycles. The van der Waals surface area contributed by atoms with E-state index in [9.17, 15) is 9.59 Å². The van der Waals surface area contributed by atoms with Crippen LogP contribution < -0.4 is 15.0 Å². The molecule has 184 valence electrons. The zero-order chi connectivity index (χ0) is 24.3. The number of hydrogen-bond acceptors (Lipinski definition) is 6. The van der Waals surface area contributed by atoms with Gasteiger partial charge in [-0.2, -0.15) is 4.89 Å². The lowest BCUT2D eigenvalue weighted by Gasteiger charge is -2.38. The Morgan fingerprint density at radius 1 is 0.971 bits per heavy atom. The summed E-state index contributed by atoms with van der Waals surface area (Å²) in [4.78, 5) is 39.3. The molecule has 1 saturated heterocycles. The first kappa shape index (κ1) is 25.4. The Hall–Kier alpha value is -3.26.